The number of ether oxygens (including phenoxy) is 1. The molecule has 1 aliphatic heterocycles. The predicted molar refractivity (Wildman–Crippen MR) is 131 cm³/mol. The molecule has 4 amide bonds. The van der Waals surface area contributed by atoms with Crippen LogP contribution in [-0.4, -0.2) is 67.1 Å². The number of carbonyl (C=O) groups is 3. The fraction of sp³-hybridized carbons (Fsp3) is 0.400. The largest absolute Gasteiger partial charge is 0.497 e. The standard InChI is InChI=1S/C25H33N5O4/c1-25(2,3)18-7-5-17(6-8-18)23(32)29-15-16-30(22(29)21(31)27-14-13-26)24(33)28-19-9-11-20(34-4)12-10-19/h5-12,22H,13-16,26H2,1-4H3,(H,27,31)(H,28,33). The maximum absolute atomic E-state index is 13.3. The molecule has 1 aliphatic rings. The number of nitrogens with zero attached hydrogens (tertiary/aromatic N) is 2. The molecule has 182 valence electrons. The summed E-state index contributed by atoms with van der Waals surface area (Å²) in [6.45, 7) is 7.24. The van der Waals surface area contributed by atoms with Gasteiger partial charge in [-0.05, 0) is 47.4 Å². The molecule has 0 radical (unpaired) electrons. The normalized spacial score (nSPS) is 15.7. The molecule has 1 fully saturated rings. The molecular formula is C25H33N5O4. The van der Waals surface area contributed by atoms with E-state index in [1.54, 1.807) is 43.5 Å². The molecule has 2 aromatic rings. The van der Waals surface area contributed by atoms with Crippen LogP contribution in [-0.2, 0) is 10.2 Å². The number of hydrogen-bond donors (Lipinski definition) is 3. The summed E-state index contributed by atoms with van der Waals surface area (Å²) in [5.41, 5.74) is 7.60. The summed E-state index contributed by atoms with van der Waals surface area (Å²) in [4.78, 5) is 42.2. The molecule has 34 heavy (non-hydrogen) atoms. The fourth-order valence-corrected chi connectivity index (χ4v) is 3.77. The van der Waals surface area contributed by atoms with E-state index < -0.39 is 18.1 Å². The molecule has 9 nitrogen and oxygen atoms in total. The minimum atomic E-state index is -1.08. The van der Waals surface area contributed by atoms with E-state index in [9.17, 15) is 14.4 Å². The van der Waals surface area contributed by atoms with Crippen LogP contribution in [0.1, 0.15) is 36.7 Å². The van der Waals surface area contributed by atoms with Crippen molar-refractivity contribution in [3.05, 3.63) is 59.7 Å². The zero-order valence-electron chi connectivity index (χ0n) is 20.1. The molecule has 0 aliphatic carbocycles. The van der Waals surface area contributed by atoms with Crippen LogP contribution < -0.4 is 21.1 Å². The molecule has 1 saturated heterocycles. The number of nitrogens with two attached hydrogens (primary N) is 1. The molecule has 9 heteroatoms. The number of amides is 4. The number of urea groups is 1. The summed E-state index contributed by atoms with van der Waals surface area (Å²) in [5.74, 6) is -0.104. The summed E-state index contributed by atoms with van der Waals surface area (Å²) in [6.07, 6.45) is -1.08. The van der Waals surface area contributed by atoms with E-state index in [-0.39, 0.29) is 37.5 Å². The lowest BCUT2D eigenvalue weighted by molar-refractivity contribution is -0.127. The zero-order chi connectivity index (χ0) is 24.9. The van der Waals surface area contributed by atoms with Gasteiger partial charge in [0, 0.05) is 37.4 Å². The topological polar surface area (TPSA) is 117 Å². The zero-order valence-corrected chi connectivity index (χ0v) is 20.1. The molecule has 0 saturated carbocycles. The van der Waals surface area contributed by atoms with Crippen molar-refractivity contribution < 1.29 is 19.1 Å². The Morgan fingerprint density at radius 3 is 2.18 bits per heavy atom. The van der Waals surface area contributed by atoms with Crippen molar-refractivity contribution in [3.63, 3.8) is 0 Å². The maximum atomic E-state index is 13.3. The van der Waals surface area contributed by atoms with Crippen LogP contribution in [0, 0.1) is 0 Å². The molecule has 0 spiro atoms. The molecule has 0 aromatic heterocycles. The molecule has 4 N–H and O–H groups in total. The Kier molecular flexibility index (Phi) is 7.78. The first kappa shape index (κ1) is 25.0. The molecule has 2 aromatic carbocycles. The van der Waals surface area contributed by atoms with Gasteiger partial charge in [0.1, 0.15) is 5.75 Å². The molecule has 1 atom stereocenters. The third kappa shape index (κ3) is 5.66. The number of rotatable bonds is 6. The van der Waals surface area contributed by atoms with Gasteiger partial charge in [-0.2, -0.15) is 0 Å². The highest BCUT2D eigenvalue weighted by Crippen LogP contribution is 2.25. The van der Waals surface area contributed by atoms with Gasteiger partial charge in [0.15, 0.2) is 6.17 Å². The van der Waals surface area contributed by atoms with Crippen LogP contribution in [0.2, 0.25) is 0 Å². The van der Waals surface area contributed by atoms with Gasteiger partial charge in [-0.25, -0.2) is 4.79 Å². The first-order valence-electron chi connectivity index (χ1n) is 11.3. The number of methoxy groups -OCH3 is 1. The number of hydrogen-bond acceptors (Lipinski definition) is 5. The van der Waals surface area contributed by atoms with E-state index in [1.807, 2.05) is 12.1 Å². The van der Waals surface area contributed by atoms with Gasteiger partial charge in [0.2, 0.25) is 0 Å². The second-order valence-electron chi connectivity index (χ2n) is 9.13. The van der Waals surface area contributed by atoms with E-state index in [0.29, 0.717) is 17.0 Å². The Labute approximate surface area is 200 Å². The van der Waals surface area contributed by atoms with Crippen molar-refractivity contribution in [1.29, 1.82) is 0 Å². The minimum Gasteiger partial charge on any atom is -0.497 e. The van der Waals surface area contributed by atoms with Gasteiger partial charge < -0.3 is 26.0 Å². The van der Waals surface area contributed by atoms with Crippen molar-refractivity contribution >= 4 is 23.5 Å². The Bertz CT molecular complexity index is 1020. The van der Waals surface area contributed by atoms with E-state index >= 15 is 0 Å². The average molecular weight is 468 g/mol. The number of carbonyl (C=O) groups excluding carboxylic acids is 3. The van der Waals surface area contributed by atoms with E-state index in [4.69, 9.17) is 10.5 Å². The monoisotopic (exact) mass is 467 g/mol. The van der Waals surface area contributed by atoms with Crippen molar-refractivity contribution in [2.45, 2.75) is 32.4 Å². The van der Waals surface area contributed by atoms with Crippen LogP contribution in [0.3, 0.4) is 0 Å². The summed E-state index contributed by atoms with van der Waals surface area (Å²) >= 11 is 0. The highest BCUT2D eigenvalue weighted by atomic mass is 16.5. The highest BCUT2D eigenvalue weighted by Gasteiger charge is 2.43. The quantitative estimate of drug-likeness (QED) is 0.603. The van der Waals surface area contributed by atoms with Crippen molar-refractivity contribution in [3.8, 4) is 5.75 Å². The molecule has 1 heterocycles. The van der Waals surface area contributed by atoms with E-state index in [0.717, 1.165) is 5.56 Å². The third-order valence-corrected chi connectivity index (χ3v) is 5.71. The van der Waals surface area contributed by atoms with Gasteiger partial charge >= 0.3 is 6.03 Å². The smallest absolute Gasteiger partial charge is 0.323 e. The molecule has 3 rings (SSSR count). The van der Waals surface area contributed by atoms with Gasteiger partial charge in [-0.15, -0.1) is 0 Å². The Morgan fingerprint density at radius 2 is 1.62 bits per heavy atom. The fourth-order valence-electron chi connectivity index (χ4n) is 3.77. The van der Waals surface area contributed by atoms with Gasteiger partial charge in [-0.1, -0.05) is 32.9 Å². The minimum absolute atomic E-state index is 0.0454. The highest BCUT2D eigenvalue weighted by molar-refractivity contribution is 6.00. The number of benzene rings is 2. The Morgan fingerprint density at radius 1 is 1.00 bits per heavy atom. The van der Waals surface area contributed by atoms with Crippen LogP contribution in [0.15, 0.2) is 48.5 Å². The maximum Gasteiger partial charge on any atom is 0.323 e. The summed E-state index contributed by atoms with van der Waals surface area (Å²) < 4.78 is 5.14. The Balaban J connectivity index is 1.81. The van der Waals surface area contributed by atoms with Crippen molar-refractivity contribution in [1.82, 2.24) is 15.1 Å². The summed E-state index contributed by atoms with van der Waals surface area (Å²) in [5, 5.41) is 5.50. The molecule has 0 bridgehead atoms. The lowest BCUT2D eigenvalue weighted by atomic mass is 9.86. The predicted octanol–water partition coefficient (Wildman–Crippen LogP) is 2.38. The first-order chi connectivity index (χ1) is 16.2. The van der Waals surface area contributed by atoms with Gasteiger partial charge in [0.05, 0.1) is 7.11 Å². The van der Waals surface area contributed by atoms with Crippen LogP contribution >= 0.6 is 0 Å². The summed E-state index contributed by atoms with van der Waals surface area (Å²) in [7, 11) is 1.56. The summed E-state index contributed by atoms with van der Waals surface area (Å²) in [6, 6.07) is 13.7. The second-order valence-corrected chi connectivity index (χ2v) is 9.13. The number of anilines is 1. The van der Waals surface area contributed by atoms with Crippen molar-refractivity contribution in [2.75, 3.05) is 38.6 Å². The third-order valence-electron chi connectivity index (χ3n) is 5.71. The first-order valence-corrected chi connectivity index (χ1v) is 11.3. The van der Waals surface area contributed by atoms with Crippen molar-refractivity contribution in [2.24, 2.45) is 5.73 Å². The molecular weight excluding hydrogens is 434 g/mol. The lowest BCUT2D eigenvalue weighted by Gasteiger charge is -2.29. The van der Waals surface area contributed by atoms with Crippen LogP contribution in [0.5, 0.6) is 5.75 Å². The van der Waals surface area contributed by atoms with Crippen LogP contribution in [0.25, 0.3) is 0 Å². The average Bonchev–Trinajstić information content (AvgIpc) is 3.27. The van der Waals surface area contributed by atoms with E-state index in [2.05, 4.69) is 31.4 Å². The molecule has 1 unspecified atom stereocenters. The van der Waals surface area contributed by atoms with Crippen LogP contribution in [0.4, 0.5) is 10.5 Å². The number of nitrogens with one attached hydrogen (secondary N) is 2. The van der Waals surface area contributed by atoms with E-state index in [1.165, 1.54) is 9.80 Å². The van der Waals surface area contributed by atoms with Gasteiger partial charge in [0.25, 0.3) is 11.8 Å². The second kappa shape index (κ2) is 10.6. The lowest BCUT2D eigenvalue weighted by Crippen LogP contribution is -2.55. The Hall–Kier alpha value is -3.59. The van der Waals surface area contributed by atoms with Gasteiger partial charge in [-0.3, -0.25) is 14.5 Å². The SMILES string of the molecule is COc1ccc(NC(=O)N2CCN(C(=O)c3ccc(C(C)(C)C)cc3)C2C(=O)NCCN)cc1.